The van der Waals surface area contributed by atoms with E-state index in [1.54, 1.807) is 0 Å². The van der Waals surface area contributed by atoms with E-state index in [-0.39, 0.29) is 24.4 Å². The molecule has 2 N–H and O–H groups in total. The lowest BCUT2D eigenvalue weighted by molar-refractivity contribution is -0.144. The third-order valence-corrected chi connectivity index (χ3v) is 4.05. The van der Waals surface area contributed by atoms with Crippen LogP contribution in [0.15, 0.2) is 18.2 Å². The fourth-order valence-electron chi connectivity index (χ4n) is 2.72. The molecule has 5 nitrogen and oxygen atoms in total. The zero-order chi connectivity index (χ0) is 16.8. The van der Waals surface area contributed by atoms with Gasteiger partial charge in [-0.05, 0) is 24.8 Å². The molecule has 7 heteroatoms. The van der Waals surface area contributed by atoms with Crippen molar-refractivity contribution in [2.24, 2.45) is 11.8 Å². The summed E-state index contributed by atoms with van der Waals surface area (Å²) in [6.07, 6.45) is 0.931. The Hall–Kier alpha value is -2.02. The largest absolute Gasteiger partial charge is 0.481 e. The molecule has 1 atom stereocenters. The highest BCUT2D eigenvalue weighted by atomic mass is 19.2. The Morgan fingerprint density at radius 2 is 2.00 bits per heavy atom. The molecule has 1 aromatic carbocycles. The Kier molecular flexibility index (Phi) is 6.04. The SMILES string of the molecule is O=C(Cc1cccc(F)c1F)NCC(C(=O)O)C1CCOCC1. The Bertz CT molecular complexity index is 573. The molecule has 0 spiro atoms. The number of carboxylic acids is 1. The molecule has 2 rings (SSSR count). The van der Waals surface area contributed by atoms with Crippen LogP contribution in [0.4, 0.5) is 8.78 Å². The molecule has 0 bridgehead atoms. The van der Waals surface area contributed by atoms with Gasteiger partial charge in [-0.25, -0.2) is 8.78 Å². The van der Waals surface area contributed by atoms with Gasteiger partial charge < -0.3 is 15.2 Å². The zero-order valence-corrected chi connectivity index (χ0v) is 12.6. The highest BCUT2D eigenvalue weighted by Gasteiger charge is 2.30. The van der Waals surface area contributed by atoms with Gasteiger partial charge in [-0.3, -0.25) is 9.59 Å². The highest BCUT2D eigenvalue weighted by Crippen LogP contribution is 2.23. The summed E-state index contributed by atoms with van der Waals surface area (Å²) in [4.78, 5) is 23.2. The van der Waals surface area contributed by atoms with Crippen LogP contribution in [0.2, 0.25) is 0 Å². The van der Waals surface area contributed by atoms with E-state index >= 15 is 0 Å². The van der Waals surface area contributed by atoms with Gasteiger partial charge in [0.1, 0.15) is 0 Å². The molecule has 0 saturated carbocycles. The van der Waals surface area contributed by atoms with Gasteiger partial charge in [-0.2, -0.15) is 0 Å². The van der Waals surface area contributed by atoms with Crippen LogP contribution in [0.5, 0.6) is 0 Å². The average molecular weight is 327 g/mol. The summed E-state index contributed by atoms with van der Waals surface area (Å²) in [5.74, 6) is -4.35. The van der Waals surface area contributed by atoms with Gasteiger partial charge >= 0.3 is 5.97 Å². The standard InChI is InChI=1S/C16H19F2NO4/c17-13-3-1-2-11(15(13)18)8-14(20)19-9-12(16(21)22)10-4-6-23-7-5-10/h1-3,10,12H,4-9H2,(H,19,20)(H,21,22). The first-order valence-corrected chi connectivity index (χ1v) is 7.49. The molecule has 0 aliphatic carbocycles. The molecule has 1 aliphatic rings. The molecule has 1 aromatic rings. The van der Waals surface area contributed by atoms with E-state index in [0.29, 0.717) is 26.1 Å². The number of nitrogens with one attached hydrogen (secondary N) is 1. The third kappa shape index (κ3) is 4.72. The fourth-order valence-corrected chi connectivity index (χ4v) is 2.72. The molecule has 1 aliphatic heterocycles. The topological polar surface area (TPSA) is 75.6 Å². The number of hydrogen-bond donors (Lipinski definition) is 2. The minimum absolute atomic E-state index is 0.0320. The van der Waals surface area contributed by atoms with Gasteiger partial charge in [0.25, 0.3) is 0 Å². The van der Waals surface area contributed by atoms with Crippen LogP contribution in [0.25, 0.3) is 0 Å². The number of hydrogen-bond acceptors (Lipinski definition) is 3. The number of carbonyl (C=O) groups is 2. The predicted octanol–water partition coefficient (Wildman–Crippen LogP) is 1.75. The fraction of sp³-hybridized carbons (Fsp3) is 0.500. The summed E-state index contributed by atoms with van der Waals surface area (Å²) >= 11 is 0. The molecule has 1 amide bonds. The van der Waals surface area contributed by atoms with Crippen molar-refractivity contribution in [3.05, 3.63) is 35.4 Å². The van der Waals surface area contributed by atoms with E-state index in [4.69, 9.17) is 4.74 Å². The maximum Gasteiger partial charge on any atom is 0.308 e. The molecule has 1 saturated heterocycles. The number of halogens is 2. The number of aliphatic carboxylic acids is 1. The van der Waals surface area contributed by atoms with Crippen molar-refractivity contribution in [2.75, 3.05) is 19.8 Å². The molecule has 1 unspecified atom stereocenters. The number of benzene rings is 1. The van der Waals surface area contributed by atoms with Gasteiger partial charge in [0, 0.05) is 25.3 Å². The second-order valence-electron chi connectivity index (χ2n) is 5.59. The van der Waals surface area contributed by atoms with Crippen molar-refractivity contribution < 1.29 is 28.2 Å². The summed E-state index contributed by atoms with van der Waals surface area (Å²) in [5, 5.41) is 11.8. The van der Waals surface area contributed by atoms with Crippen LogP contribution in [-0.2, 0) is 20.7 Å². The number of rotatable bonds is 6. The van der Waals surface area contributed by atoms with Gasteiger partial charge in [0.05, 0.1) is 12.3 Å². The van der Waals surface area contributed by atoms with Crippen molar-refractivity contribution in [1.29, 1.82) is 0 Å². The van der Waals surface area contributed by atoms with Crippen molar-refractivity contribution >= 4 is 11.9 Å². The summed E-state index contributed by atoms with van der Waals surface area (Å²) < 4.78 is 31.8. The first kappa shape index (κ1) is 17.3. The Morgan fingerprint density at radius 3 is 2.65 bits per heavy atom. The van der Waals surface area contributed by atoms with Gasteiger partial charge in [-0.1, -0.05) is 12.1 Å². The van der Waals surface area contributed by atoms with Crippen LogP contribution in [-0.4, -0.2) is 36.7 Å². The summed E-state index contributed by atoms with van der Waals surface area (Å²) in [5.41, 5.74) is -0.0551. The van der Waals surface area contributed by atoms with Gasteiger partial charge in [0.2, 0.25) is 5.91 Å². The number of ether oxygens (including phenoxy) is 1. The van der Waals surface area contributed by atoms with Crippen molar-refractivity contribution in [2.45, 2.75) is 19.3 Å². The van der Waals surface area contributed by atoms with E-state index in [1.165, 1.54) is 12.1 Å². The maximum absolute atomic E-state index is 13.5. The Balaban J connectivity index is 1.91. The lowest BCUT2D eigenvalue weighted by Gasteiger charge is -2.27. The lowest BCUT2D eigenvalue weighted by Crippen LogP contribution is -2.39. The van der Waals surface area contributed by atoms with E-state index in [2.05, 4.69) is 5.32 Å². The molecule has 23 heavy (non-hydrogen) atoms. The second-order valence-corrected chi connectivity index (χ2v) is 5.59. The van der Waals surface area contributed by atoms with Gasteiger partial charge in [0.15, 0.2) is 11.6 Å². The molecule has 1 heterocycles. The van der Waals surface area contributed by atoms with Crippen LogP contribution in [0, 0.1) is 23.5 Å². The summed E-state index contributed by atoms with van der Waals surface area (Å²) in [6, 6.07) is 3.62. The molecule has 126 valence electrons. The van der Waals surface area contributed by atoms with Crippen molar-refractivity contribution in [3.8, 4) is 0 Å². The van der Waals surface area contributed by atoms with Crippen LogP contribution < -0.4 is 5.32 Å². The van der Waals surface area contributed by atoms with Crippen LogP contribution in [0.1, 0.15) is 18.4 Å². The van der Waals surface area contributed by atoms with E-state index in [1.807, 2.05) is 0 Å². The molecule has 1 fully saturated rings. The first-order chi connectivity index (χ1) is 11.0. The summed E-state index contributed by atoms with van der Waals surface area (Å²) in [6.45, 7) is 0.990. The second kappa shape index (κ2) is 8.01. The van der Waals surface area contributed by atoms with Crippen LogP contribution >= 0.6 is 0 Å². The number of amides is 1. The van der Waals surface area contributed by atoms with Crippen molar-refractivity contribution in [3.63, 3.8) is 0 Å². The number of carbonyl (C=O) groups excluding carboxylic acids is 1. The van der Waals surface area contributed by atoms with Crippen LogP contribution in [0.3, 0.4) is 0 Å². The molecule has 0 aromatic heterocycles. The maximum atomic E-state index is 13.5. The molecule has 0 radical (unpaired) electrons. The molecular weight excluding hydrogens is 308 g/mol. The van der Waals surface area contributed by atoms with Crippen molar-refractivity contribution in [1.82, 2.24) is 5.32 Å². The average Bonchev–Trinajstić information content (AvgIpc) is 2.53. The Labute approximate surface area is 132 Å². The van der Waals surface area contributed by atoms with E-state index in [0.717, 1.165) is 6.07 Å². The summed E-state index contributed by atoms with van der Waals surface area (Å²) in [7, 11) is 0. The lowest BCUT2D eigenvalue weighted by atomic mass is 9.86. The highest BCUT2D eigenvalue weighted by molar-refractivity contribution is 5.79. The smallest absolute Gasteiger partial charge is 0.308 e. The zero-order valence-electron chi connectivity index (χ0n) is 12.6. The number of carboxylic acid groups (broad SMARTS) is 1. The van der Waals surface area contributed by atoms with E-state index < -0.39 is 29.4 Å². The molecular formula is C16H19F2NO4. The first-order valence-electron chi connectivity index (χ1n) is 7.49. The quantitative estimate of drug-likeness (QED) is 0.835. The van der Waals surface area contributed by atoms with E-state index in [9.17, 15) is 23.5 Å². The normalized spacial score (nSPS) is 16.8. The third-order valence-electron chi connectivity index (χ3n) is 4.05. The minimum atomic E-state index is -1.05. The Morgan fingerprint density at radius 1 is 1.30 bits per heavy atom. The minimum Gasteiger partial charge on any atom is -0.481 e. The van der Waals surface area contributed by atoms with Gasteiger partial charge in [-0.15, -0.1) is 0 Å². The predicted molar refractivity (Wildman–Crippen MR) is 77.7 cm³/mol. The monoisotopic (exact) mass is 327 g/mol.